The highest BCUT2D eigenvalue weighted by atomic mass is 15.3. The third-order valence-corrected chi connectivity index (χ3v) is 2.97. The lowest BCUT2D eigenvalue weighted by Gasteiger charge is -2.03. The van der Waals surface area contributed by atoms with Gasteiger partial charge in [-0.15, -0.1) is 0 Å². The predicted octanol–water partition coefficient (Wildman–Crippen LogP) is 2.13. The van der Waals surface area contributed by atoms with Crippen LogP contribution < -0.4 is 5.73 Å². The maximum Gasteiger partial charge on any atom is 0.129 e. The van der Waals surface area contributed by atoms with E-state index >= 15 is 0 Å². The van der Waals surface area contributed by atoms with Gasteiger partial charge in [0, 0.05) is 25.6 Å². The lowest BCUT2D eigenvalue weighted by atomic mass is 10.0. The van der Waals surface area contributed by atoms with Crippen molar-refractivity contribution < 1.29 is 0 Å². The lowest BCUT2D eigenvalue weighted by molar-refractivity contribution is 0.781. The van der Waals surface area contributed by atoms with Crippen LogP contribution >= 0.6 is 0 Å². The highest BCUT2D eigenvalue weighted by Crippen LogP contribution is 2.34. The van der Waals surface area contributed by atoms with Crippen LogP contribution in [0.15, 0.2) is 48.9 Å². The van der Waals surface area contributed by atoms with Gasteiger partial charge in [0.05, 0.1) is 11.3 Å². The number of hydrogen-bond acceptors (Lipinski definition) is 4. The molecule has 2 N–H and O–H groups in total. The van der Waals surface area contributed by atoms with E-state index in [1.165, 1.54) is 0 Å². The van der Waals surface area contributed by atoms with Gasteiger partial charge in [0.15, 0.2) is 0 Å². The van der Waals surface area contributed by atoms with Crippen molar-refractivity contribution in [2.45, 2.75) is 0 Å². The summed E-state index contributed by atoms with van der Waals surface area (Å²) in [6.07, 6.45) is 5.23. The van der Waals surface area contributed by atoms with E-state index in [1.807, 2.05) is 37.4 Å². The third-order valence-electron chi connectivity index (χ3n) is 2.97. The minimum Gasteiger partial charge on any atom is -0.383 e. The SMILES string of the molecule is Cn1nc(-c2ccccn2)c(-c2ccncc2)c1N. The number of rotatable bonds is 2. The van der Waals surface area contributed by atoms with E-state index in [9.17, 15) is 0 Å². The number of aryl methyl sites for hydroxylation is 1. The summed E-state index contributed by atoms with van der Waals surface area (Å²) in [5.41, 5.74) is 9.60. The Morgan fingerprint density at radius 1 is 1.05 bits per heavy atom. The monoisotopic (exact) mass is 251 g/mol. The van der Waals surface area contributed by atoms with E-state index in [0.29, 0.717) is 5.82 Å². The maximum atomic E-state index is 6.13. The summed E-state index contributed by atoms with van der Waals surface area (Å²) >= 11 is 0. The summed E-state index contributed by atoms with van der Waals surface area (Å²) in [5.74, 6) is 0.617. The van der Waals surface area contributed by atoms with Crippen LogP contribution in [0.5, 0.6) is 0 Å². The molecular formula is C14H13N5. The molecule has 0 aliphatic carbocycles. The van der Waals surface area contributed by atoms with Gasteiger partial charge < -0.3 is 5.73 Å². The molecule has 0 amide bonds. The van der Waals surface area contributed by atoms with Crippen molar-refractivity contribution >= 4 is 5.82 Å². The Hall–Kier alpha value is -2.69. The minimum atomic E-state index is 0.617. The van der Waals surface area contributed by atoms with E-state index in [1.54, 1.807) is 23.3 Å². The number of anilines is 1. The van der Waals surface area contributed by atoms with E-state index < -0.39 is 0 Å². The average Bonchev–Trinajstić information content (AvgIpc) is 2.77. The fourth-order valence-corrected chi connectivity index (χ4v) is 2.02. The number of nitrogen functional groups attached to an aromatic ring is 1. The molecular weight excluding hydrogens is 238 g/mol. The van der Waals surface area contributed by atoms with Crippen molar-refractivity contribution in [3.8, 4) is 22.5 Å². The standard InChI is InChI=1S/C14H13N5/c1-19-14(15)12(10-5-8-16-9-6-10)13(18-19)11-4-2-3-7-17-11/h2-9H,15H2,1H3. The van der Waals surface area contributed by atoms with Gasteiger partial charge >= 0.3 is 0 Å². The quantitative estimate of drug-likeness (QED) is 0.757. The molecule has 0 unspecified atom stereocenters. The summed E-state index contributed by atoms with van der Waals surface area (Å²) in [7, 11) is 1.83. The first-order chi connectivity index (χ1) is 9.27. The molecule has 19 heavy (non-hydrogen) atoms. The second-order valence-corrected chi connectivity index (χ2v) is 4.18. The first-order valence-electron chi connectivity index (χ1n) is 5.91. The molecule has 0 saturated heterocycles. The molecule has 0 spiro atoms. The van der Waals surface area contributed by atoms with Gasteiger partial charge in [0.25, 0.3) is 0 Å². The fraction of sp³-hybridized carbons (Fsp3) is 0.0714. The molecule has 0 aromatic carbocycles. The van der Waals surface area contributed by atoms with Crippen molar-refractivity contribution in [3.05, 3.63) is 48.9 Å². The molecule has 0 fully saturated rings. The van der Waals surface area contributed by atoms with E-state index in [4.69, 9.17) is 5.73 Å². The van der Waals surface area contributed by atoms with Gasteiger partial charge in [-0.25, -0.2) is 0 Å². The largest absolute Gasteiger partial charge is 0.383 e. The van der Waals surface area contributed by atoms with Crippen molar-refractivity contribution in [1.82, 2.24) is 19.7 Å². The highest BCUT2D eigenvalue weighted by Gasteiger charge is 2.17. The van der Waals surface area contributed by atoms with E-state index in [2.05, 4.69) is 15.1 Å². The van der Waals surface area contributed by atoms with Crippen LogP contribution in [0.1, 0.15) is 0 Å². The van der Waals surface area contributed by atoms with Crippen LogP contribution in [0.4, 0.5) is 5.82 Å². The second-order valence-electron chi connectivity index (χ2n) is 4.18. The zero-order chi connectivity index (χ0) is 13.2. The molecule has 94 valence electrons. The smallest absolute Gasteiger partial charge is 0.129 e. The van der Waals surface area contributed by atoms with Crippen LogP contribution in [-0.4, -0.2) is 19.7 Å². The molecule has 0 radical (unpaired) electrons. The Kier molecular flexibility index (Phi) is 2.72. The first kappa shape index (κ1) is 11.4. The Balaban J connectivity index is 2.25. The molecule has 0 atom stereocenters. The molecule has 0 aliphatic heterocycles. The molecule has 5 heteroatoms. The Bertz CT molecular complexity index is 689. The lowest BCUT2D eigenvalue weighted by Crippen LogP contribution is -1.97. The number of hydrogen-bond donors (Lipinski definition) is 1. The van der Waals surface area contributed by atoms with Crippen molar-refractivity contribution in [3.63, 3.8) is 0 Å². The zero-order valence-corrected chi connectivity index (χ0v) is 10.5. The van der Waals surface area contributed by atoms with Gasteiger partial charge in [0.2, 0.25) is 0 Å². The van der Waals surface area contributed by atoms with Gasteiger partial charge in [-0.3, -0.25) is 14.6 Å². The summed E-state index contributed by atoms with van der Waals surface area (Å²) in [5, 5.41) is 4.47. The van der Waals surface area contributed by atoms with Gasteiger partial charge in [-0.05, 0) is 29.8 Å². The Morgan fingerprint density at radius 3 is 2.53 bits per heavy atom. The van der Waals surface area contributed by atoms with Crippen molar-refractivity contribution in [1.29, 1.82) is 0 Å². The summed E-state index contributed by atoms with van der Waals surface area (Å²) in [6, 6.07) is 9.57. The van der Waals surface area contributed by atoms with Crippen LogP contribution in [0.2, 0.25) is 0 Å². The Labute approximate surface area is 110 Å². The molecule has 3 heterocycles. The predicted molar refractivity (Wildman–Crippen MR) is 74.1 cm³/mol. The number of nitrogens with two attached hydrogens (primary N) is 1. The normalized spacial score (nSPS) is 10.6. The molecule has 3 rings (SSSR count). The Morgan fingerprint density at radius 2 is 1.84 bits per heavy atom. The molecule has 3 aromatic rings. The summed E-state index contributed by atoms with van der Waals surface area (Å²) in [4.78, 5) is 8.37. The molecule has 0 saturated carbocycles. The van der Waals surface area contributed by atoms with Crippen LogP contribution in [0.25, 0.3) is 22.5 Å². The molecule has 3 aromatic heterocycles. The average molecular weight is 251 g/mol. The van der Waals surface area contributed by atoms with Crippen LogP contribution in [-0.2, 0) is 7.05 Å². The van der Waals surface area contributed by atoms with E-state index in [-0.39, 0.29) is 0 Å². The van der Waals surface area contributed by atoms with Gasteiger partial charge in [-0.1, -0.05) is 6.07 Å². The molecule has 5 nitrogen and oxygen atoms in total. The number of nitrogens with zero attached hydrogens (tertiary/aromatic N) is 4. The van der Waals surface area contributed by atoms with E-state index in [0.717, 1.165) is 22.5 Å². The molecule has 0 aliphatic rings. The van der Waals surface area contributed by atoms with Gasteiger partial charge in [0.1, 0.15) is 11.5 Å². The topological polar surface area (TPSA) is 69.6 Å². The van der Waals surface area contributed by atoms with Crippen molar-refractivity contribution in [2.75, 3.05) is 5.73 Å². The third kappa shape index (κ3) is 1.95. The van der Waals surface area contributed by atoms with Crippen LogP contribution in [0, 0.1) is 0 Å². The number of pyridine rings is 2. The van der Waals surface area contributed by atoms with Crippen molar-refractivity contribution in [2.24, 2.45) is 7.05 Å². The van der Waals surface area contributed by atoms with Gasteiger partial charge in [-0.2, -0.15) is 5.10 Å². The highest BCUT2D eigenvalue weighted by molar-refractivity contribution is 5.86. The van der Waals surface area contributed by atoms with Crippen LogP contribution in [0.3, 0.4) is 0 Å². The summed E-state index contributed by atoms with van der Waals surface area (Å²) in [6.45, 7) is 0. The minimum absolute atomic E-state index is 0.617. The summed E-state index contributed by atoms with van der Waals surface area (Å²) < 4.78 is 1.67. The maximum absolute atomic E-state index is 6.13. The molecule has 0 bridgehead atoms. The zero-order valence-electron chi connectivity index (χ0n) is 10.5. The number of aromatic nitrogens is 4. The first-order valence-corrected chi connectivity index (χ1v) is 5.91. The fourth-order valence-electron chi connectivity index (χ4n) is 2.02. The second kappa shape index (κ2) is 4.53.